The zero-order valence-electron chi connectivity index (χ0n) is 89.5. The number of nitrogens with one attached hydrogen (secondary N) is 2. The van der Waals surface area contributed by atoms with E-state index in [0.29, 0.717) is 43.4 Å². The van der Waals surface area contributed by atoms with E-state index in [9.17, 15) is 0 Å². The molecule has 8 aliphatic rings. The first kappa shape index (κ1) is 128. The maximum atomic E-state index is 3.56. The standard InChI is InChI=1S/C14H28.C12H24.C11H22.C10H21N.3C10H20.C9H19N.8C3H8/c1-12(2)14(13(3,4)5)10-8-6-7-9-11-14;1-10(2)12(11(3)4)8-6-5-7-9-12;1-9(2)11(10(3)4)7-5-6-8-11;1-8(2)10(9(3)4)5-6-11-7-10;1-8(2)10(6-7-10)9(3,4)5;2*1-8(2)10(9(3)4)6-5-7-10;1-7(2)9(8(3)4)5-6-10-9;8*1-3-2/h12H,6-11H2,1-5H3;10-11H,5-9H2,1-4H3;9-10H,5-8H2,1-4H3;8-9,11H,5-7H2,1-4H3;8H,6-7H2,1-5H3;2*8-9H,5-7H2,1-4H3;7-8,10H,5-6H2,1-4H3;8*3H2,1-2H3. The molecule has 2 heterocycles. The molecule has 2 aliphatic heterocycles. The largest absolute Gasteiger partial charge is 0.316 e. The molecule has 2 saturated heterocycles. The minimum atomic E-state index is 0.472. The highest BCUT2D eigenvalue weighted by Gasteiger charge is 2.54. The van der Waals surface area contributed by atoms with Crippen LogP contribution in [0.1, 0.15) is 558 Å². The minimum absolute atomic E-state index is 0.472. The van der Waals surface area contributed by atoms with Gasteiger partial charge in [0.05, 0.1) is 0 Å². The molecule has 8 rings (SSSR count). The van der Waals surface area contributed by atoms with Crippen molar-refractivity contribution >= 4 is 0 Å². The van der Waals surface area contributed by atoms with E-state index < -0.39 is 0 Å². The third-order valence-corrected chi connectivity index (χ3v) is 29.6. The fraction of sp³-hybridized carbons (Fsp3) is 1.00. The SMILES string of the molecule is CC(C)C1(C(C)(C)C)CC1.CC(C)C1(C(C)(C)C)CCCCCC1.CC(C)C1(C(C)C)CCC1.CC(C)C1(C(C)C)CCC1.CC(C)C1(C(C)C)CCCC1.CC(C)C1(C(C)C)CCCCC1.CC(C)C1(C(C)C)CCN1.CC(C)C1(C(C)C)CCNC1.CCC.CCC.CCC.CCC.CCC.CCC.CCC.CCC. The first-order valence-corrected chi connectivity index (χ1v) is 51.1. The lowest BCUT2D eigenvalue weighted by Crippen LogP contribution is -2.63. The molecule has 8 fully saturated rings. The van der Waals surface area contributed by atoms with E-state index in [1.54, 1.807) is 0 Å². The van der Waals surface area contributed by atoms with Gasteiger partial charge in [-0.2, -0.15) is 0 Å². The van der Waals surface area contributed by atoms with Crippen LogP contribution in [0.2, 0.25) is 0 Å². The Balaban J connectivity index is -0.000000177. The monoisotopic (exact) mass is 1590 g/mol. The van der Waals surface area contributed by atoms with Crippen molar-refractivity contribution in [3.63, 3.8) is 0 Å². The summed E-state index contributed by atoms with van der Waals surface area (Å²) in [6.07, 6.45) is 46.5. The highest BCUT2D eigenvalue weighted by molar-refractivity contribution is 5.04. The Labute approximate surface area is 721 Å². The lowest BCUT2D eigenvalue weighted by molar-refractivity contribution is 0.0133. The van der Waals surface area contributed by atoms with E-state index in [-0.39, 0.29) is 0 Å². The third kappa shape index (κ3) is 45.2. The molecule has 6 aliphatic carbocycles. The molecule has 0 aromatic rings. The molecule has 0 spiro atoms. The Hall–Kier alpha value is -0.0800. The fourth-order valence-electron chi connectivity index (χ4n) is 21.0. The van der Waals surface area contributed by atoms with Gasteiger partial charge in [-0.15, -0.1) is 0 Å². The van der Waals surface area contributed by atoms with Crippen molar-refractivity contribution in [2.24, 2.45) is 132 Å². The molecular formula is C110H238N2. The molecule has 0 amide bonds. The second kappa shape index (κ2) is 68.5. The Bertz CT molecular complexity index is 1710. The van der Waals surface area contributed by atoms with E-state index in [4.69, 9.17) is 0 Å². The summed E-state index contributed by atoms with van der Waals surface area (Å²) in [6.45, 7) is 119. The van der Waals surface area contributed by atoms with Crippen LogP contribution in [0.5, 0.6) is 0 Å². The molecule has 688 valence electrons. The first-order chi connectivity index (χ1) is 51.7. The van der Waals surface area contributed by atoms with Crippen molar-refractivity contribution in [1.82, 2.24) is 10.6 Å². The van der Waals surface area contributed by atoms with E-state index in [1.165, 1.54) is 232 Å². The van der Waals surface area contributed by atoms with Gasteiger partial charge in [-0.05, 0) is 235 Å². The minimum Gasteiger partial charge on any atom is -0.316 e. The van der Waals surface area contributed by atoms with Gasteiger partial charge in [0, 0.05) is 12.1 Å². The van der Waals surface area contributed by atoms with Crippen LogP contribution in [0.4, 0.5) is 0 Å². The number of hydrogen-bond acceptors (Lipinski definition) is 2. The van der Waals surface area contributed by atoms with Crippen molar-refractivity contribution in [2.45, 2.75) is 564 Å². The summed E-state index contributed by atoms with van der Waals surface area (Å²) in [5.74, 6) is 12.0. The van der Waals surface area contributed by atoms with Crippen LogP contribution in [0.3, 0.4) is 0 Å². The van der Waals surface area contributed by atoms with E-state index in [0.717, 1.165) is 93.7 Å². The van der Waals surface area contributed by atoms with Crippen LogP contribution < -0.4 is 10.6 Å². The molecule has 0 atom stereocenters. The Morgan fingerprint density at radius 2 is 0.375 bits per heavy atom. The van der Waals surface area contributed by atoms with Crippen molar-refractivity contribution < 1.29 is 0 Å². The van der Waals surface area contributed by atoms with Crippen LogP contribution in [0.25, 0.3) is 0 Å². The lowest BCUT2D eigenvalue weighted by Gasteiger charge is -2.50. The molecule has 2 nitrogen and oxygen atoms in total. The fourth-order valence-corrected chi connectivity index (χ4v) is 21.0. The van der Waals surface area contributed by atoms with Gasteiger partial charge >= 0.3 is 0 Å². The van der Waals surface area contributed by atoms with Crippen LogP contribution in [-0.4, -0.2) is 25.2 Å². The van der Waals surface area contributed by atoms with Crippen LogP contribution in [0, 0.1) is 132 Å². The third-order valence-electron chi connectivity index (χ3n) is 29.6. The maximum Gasteiger partial charge on any atom is 0.0239 e. The zero-order chi connectivity index (χ0) is 90.0. The number of hydrogen-bond donors (Lipinski definition) is 2. The van der Waals surface area contributed by atoms with Crippen LogP contribution in [0.15, 0.2) is 0 Å². The molecule has 0 aromatic carbocycles. The van der Waals surface area contributed by atoms with E-state index in [1.807, 2.05) is 0 Å². The zero-order valence-corrected chi connectivity index (χ0v) is 89.5. The quantitative estimate of drug-likeness (QED) is 0.169. The van der Waals surface area contributed by atoms with Crippen LogP contribution in [-0.2, 0) is 0 Å². The predicted molar refractivity (Wildman–Crippen MR) is 530 cm³/mol. The summed E-state index contributed by atoms with van der Waals surface area (Å²) in [5, 5.41) is 7.03. The lowest BCUT2D eigenvalue weighted by atomic mass is 9.56. The molecule has 0 aromatic heterocycles. The normalized spacial score (nSPS) is 19.7. The van der Waals surface area contributed by atoms with Gasteiger partial charge in [-0.1, -0.05) is 468 Å². The van der Waals surface area contributed by atoms with E-state index in [2.05, 4.69) is 357 Å². The molecule has 2 N–H and O–H groups in total. The molecule has 6 saturated carbocycles. The van der Waals surface area contributed by atoms with Gasteiger partial charge in [0.2, 0.25) is 0 Å². The highest BCUT2D eigenvalue weighted by atomic mass is 15.1. The summed E-state index contributed by atoms with van der Waals surface area (Å²) < 4.78 is 0. The molecule has 0 bridgehead atoms. The van der Waals surface area contributed by atoms with Crippen molar-refractivity contribution in [3.8, 4) is 0 Å². The molecule has 2 heteroatoms. The van der Waals surface area contributed by atoms with Crippen molar-refractivity contribution in [2.75, 3.05) is 19.6 Å². The van der Waals surface area contributed by atoms with Gasteiger partial charge < -0.3 is 10.6 Å². The average Bonchev–Trinajstić information content (AvgIpc) is 1.58. The predicted octanol–water partition coefficient (Wildman–Crippen LogP) is 39.2. The second-order valence-electron chi connectivity index (χ2n) is 44.3. The number of rotatable bonds is 14. The summed E-state index contributed by atoms with van der Waals surface area (Å²) >= 11 is 0. The maximum absolute atomic E-state index is 3.56. The van der Waals surface area contributed by atoms with E-state index >= 15 is 0 Å². The smallest absolute Gasteiger partial charge is 0.0239 e. The highest BCUT2D eigenvalue weighted by Crippen LogP contribution is 2.63. The average molecular weight is 1590 g/mol. The Morgan fingerprint density at radius 1 is 0.196 bits per heavy atom. The van der Waals surface area contributed by atoms with Crippen molar-refractivity contribution in [1.29, 1.82) is 0 Å². The Kier molecular flexibility index (Phi) is 77.9. The topological polar surface area (TPSA) is 24.1 Å². The van der Waals surface area contributed by atoms with Crippen LogP contribution >= 0.6 is 0 Å². The van der Waals surface area contributed by atoms with Gasteiger partial charge in [0.1, 0.15) is 0 Å². The first-order valence-electron chi connectivity index (χ1n) is 51.1. The van der Waals surface area contributed by atoms with Gasteiger partial charge in [0.15, 0.2) is 0 Å². The Morgan fingerprint density at radius 3 is 0.464 bits per heavy atom. The van der Waals surface area contributed by atoms with Gasteiger partial charge in [-0.3, -0.25) is 0 Å². The van der Waals surface area contributed by atoms with Gasteiger partial charge in [-0.25, -0.2) is 0 Å². The summed E-state index contributed by atoms with van der Waals surface area (Å²) in [4.78, 5) is 0. The molecular weight excluding hydrogens is 1350 g/mol. The summed E-state index contributed by atoms with van der Waals surface area (Å²) in [6, 6.07) is 0. The second-order valence-corrected chi connectivity index (χ2v) is 44.3. The molecule has 0 radical (unpaired) electrons. The molecule has 112 heavy (non-hydrogen) atoms. The van der Waals surface area contributed by atoms with Crippen molar-refractivity contribution in [3.05, 3.63) is 0 Å². The van der Waals surface area contributed by atoms with Gasteiger partial charge in [0.25, 0.3) is 0 Å². The summed E-state index contributed by atoms with van der Waals surface area (Å²) in [7, 11) is 0. The molecule has 0 unspecified atom stereocenters. The summed E-state index contributed by atoms with van der Waals surface area (Å²) in [5.41, 5.74) is 6.17.